The van der Waals surface area contributed by atoms with Gasteiger partial charge in [0.05, 0.1) is 12.7 Å². The molecule has 0 aromatic heterocycles. The van der Waals surface area contributed by atoms with Crippen LogP contribution in [0.1, 0.15) is 24.2 Å². The van der Waals surface area contributed by atoms with E-state index in [4.69, 9.17) is 9.84 Å². The Morgan fingerprint density at radius 1 is 1.00 bits per heavy atom. The molecule has 0 spiro atoms. The monoisotopic (exact) mass is 240 g/mol. The second-order valence-corrected chi connectivity index (χ2v) is 4.68. The van der Waals surface area contributed by atoms with Crippen LogP contribution < -0.4 is 0 Å². The molecule has 2 heteroatoms. The van der Waals surface area contributed by atoms with E-state index in [2.05, 4.69) is 24.3 Å². The van der Waals surface area contributed by atoms with Crippen molar-refractivity contribution < 1.29 is 9.84 Å². The fraction of sp³-hybridized carbons (Fsp3) is 0.250. The maximum atomic E-state index is 9.17. The molecule has 0 saturated carbocycles. The maximum Gasteiger partial charge on any atom is 0.109 e. The van der Waals surface area contributed by atoms with E-state index >= 15 is 0 Å². The molecule has 2 nitrogen and oxygen atoms in total. The van der Waals surface area contributed by atoms with Crippen molar-refractivity contribution >= 4 is 0 Å². The summed E-state index contributed by atoms with van der Waals surface area (Å²) in [6, 6.07) is 16.6. The van der Waals surface area contributed by atoms with Crippen LogP contribution >= 0.6 is 0 Å². The van der Waals surface area contributed by atoms with Crippen LogP contribution in [0.3, 0.4) is 0 Å². The average molecular weight is 240 g/mol. The lowest BCUT2D eigenvalue weighted by molar-refractivity contribution is -0.0103. The lowest BCUT2D eigenvalue weighted by atomic mass is 10.1. The van der Waals surface area contributed by atoms with Crippen molar-refractivity contribution in [2.45, 2.75) is 19.1 Å². The van der Waals surface area contributed by atoms with Gasteiger partial charge in [-0.25, -0.2) is 0 Å². The Morgan fingerprint density at radius 2 is 1.50 bits per heavy atom. The molecule has 0 aliphatic heterocycles. The summed E-state index contributed by atoms with van der Waals surface area (Å²) in [5, 5.41) is 9.17. The normalized spacial score (nSPS) is 15.2. The number of fused-ring (bicyclic) bond motifs is 3. The second-order valence-electron chi connectivity index (χ2n) is 4.68. The average Bonchev–Trinajstić information content (AvgIpc) is 2.74. The van der Waals surface area contributed by atoms with E-state index in [1.54, 1.807) is 0 Å². The highest BCUT2D eigenvalue weighted by molar-refractivity contribution is 5.78. The van der Waals surface area contributed by atoms with E-state index in [0.717, 1.165) is 0 Å². The standard InChI is InChI=1S/C16H16O2/c1-11(10-17)18-16-14-8-4-2-6-12(14)13-7-3-5-9-15(13)16/h2-9,11,16-17H,10H2,1H3/t11-/m0/s1. The summed E-state index contributed by atoms with van der Waals surface area (Å²) in [5.74, 6) is 0. The highest BCUT2D eigenvalue weighted by atomic mass is 16.5. The molecule has 1 aliphatic carbocycles. The number of hydrogen-bond donors (Lipinski definition) is 1. The molecule has 0 saturated heterocycles. The first-order valence-electron chi connectivity index (χ1n) is 6.26. The molecule has 1 N–H and O–H groups in total. The van der Waals surface area contributed by atoms with Crippen LogP contribution in [0.4, 0.5) is 0 Å². The largest absolute Gasteiger partial charge is 0.394 e. The molecule has 1 aliphatic rings. The van der Waals surface area contributed by atoms with Crippen molar-refractivity contribution in [1.29, 1.82) is 0 Å². The Hall–Kier alpha value is -1.64. The molecule has 92 valence electrons. The van der Waals surface area contributed by atoms with E-state index in [1.165, 1.54) is 22.3 Å². The number of rotatable bonds is 3. The smallest absolute Gasteiger partial charge is 0.109 e. The molecule has 2 aromatic rings. The van der Waals surface area contributed by atoms with Gasteiger partial charge in [0, 0.05) is 0 Å². The summed E-state index contributed by atoms with van der Waals surface area (Å²) in [6.45, 7) is 1.93. The van der Waals surface area contributed by atoms with Gasteiger partial charge in [-0.3, -0.25) is 0 Å². The van der Waals surface area contributed by atoms with Crippen LogP contribution in [0.5, 0.6) is 0 Å². The van der Waals surface area contributed by atoms with Crippen LogP contribution in [0.2, 0.25) is 0 Å². The minimum absolute atomic E-state index is 0.0425. The molecule has 2 aromatic carbocycles. The van der Waals surface area contributed by atoms with Crippen LogP contribution in [0, 0.1) is 0 Å². The summed E-state index contributed by atoms with van der Waals surface area (Å²) in [5.41, 5.74) is 4.87. The maximum absolute atomic E-state index is 9.17. The zero-order chi connectivity index (χ0) is 12.5. The van der Waals surface area contributed by atoms with E-state index in [1.807, 2.05) is 31.2 Å². The molecule has 0 unspecified atom stereocenters. The minimum Gasteiger partial charge on any atom is -0.394 e. The third-order valence-corrected chi connectivity index (χ3v) is 3.40. The second kappa shape index (κ2) is 4.56. The zero-order valence-electron chi connectivity index (χ0n) is 10.3. The first-order valence-corrected chi connectivity index (χ1v) is 6.26. The van der Waals surface area contributed by atoms with Gasteiger partial charge in [0.1, 0.15) is 6.10 Å². The highest BCUT2D eigenvalue weighted by Crippen LogP contribution is 2.45. The Kier molecular flexibility index (Phi) is 2.90. The number of benzene rings is 2. The van der Waals surface area contributed by atoms with Crippen molar-refractivity contribution in [3.63, 3.8) is 0 Å². The first-order chi connectivity index (χ1) is 8.81. The lowest BCUT2D eigenvalue weighted by Crippen LogP contribution is -2.16. The molecule has 3 rings (SSSR count). The quantitative estimate of drug-likeness (QED) is 0.893. The number of hydrogen-bond acceptors (Lipinski definition) is 2. The molecule has 0 radical (unpaired) electrons. The van der Waals surface area contributed by atoms with Crippen molar-refractivity contribution in [2.75, 3.05) is 6.61 Å². The van der Waals surface area contributed by atoms with Gasteiger partial charge in [-0.15, -0.1) is 0 Å². The molecule has 0 bridgehead atoms. The number of ether oxygens (including phenoxy) is 1. The summed E-state index contributed by atoms with van der Waals surface area (Å²) in [6.07, 6.45) is -0.214. The zero-order valence-corrected chi connectivity index (χ0v) is 10.3. The highest BCUT2D eigenvalue weighted by Gasteiger charge is 2.29. The van der Waals surface area contributed by atoms with E-state index in [9.17, 15) is 0 Å². The number of aliphatic hydroxyl groups excluding tert-OH is 1. The summed E-state index contributed by atoms with van der Waals surface area (Å²) >= 11 is 0. The van der Waals surface area contributed by atoms with Gasteiger partial charge in [-0.05, 0) is 29.2 Å². The van der Waals surface area contributed by atoms with Crippen LogP contribution in [-0.2, 0) is 4.74 Å². The van der Waals surface area contributed by atoms with Crippen molar-refractivity contribution in [1.82, 2.24) is 0 Å². The third-order valence-electron chi connectivity index (χ3n) is 3.40. The molecule has 0 amide bonds. The van der Waals surface area contributed by atoms with E-state index in [0.29, 0.717) is 0 Å². The molecule has 1 atom stereocenters. The van der Waals surface area contributed by atoms with Gasteiger partial charge in [0.25, 0.3) is 0 Å². The van der Waals surface area contributed by atoms with Gasteiger partial charge in [-0.2, -0.15) is 0 Å². The Morgan fingerprint density at radius 3 is 2.00 bits per heavy atom. The van der Waals surface area contributed by atoms with Crippen LogP contribution in [0.25, 0.3) is 11.1 Å². The fourth-order valence-electron chi connectivity index (χ4n) is 2.53. The molecule has 18 heavy (non-hydrogen) atoms. The summed E-state index contributed by atoms with van der Waals surface area (Å²) in [4.78, 5) is 0. The number of aliphatic hydroxyl groups is 1. The van der Waals surface area contributed by atoms with Gasteiger partial charge in [0.2, 0.25) is 0 Å². The topological polar surface area (TPSA) is 29.5 Å². The minimum atomic E-state index is -0.158. The Labute approximate surface area is 107 Å². The van der Waals surface area contributed by atoms with Crippen LogP contribution in [-0.4, -0.2) is 17.8 Å². The van der Waals surface area contributed by atoms with Gasteiger partial charge >= 0.3 is 0 Å². The Bertz CT molecular complexity index is 517. The fourth-order valence-corrected chi connectivity index (χ4v) is 2.53. The summed E-state index contributed by atoms with van der Waals surface area (Å²) < 4.78 is 5.96. The lowest BCUT2D eigenvalue weighted by Gasteiger charge is -2.19. The van der Waals surface area contributed by atoms with E-state index < -0.39 is 0 Å². The van der Waals surface area contributed by atoms with Gasteiger partial charge in [0.15, 0.2) is 0 Å². The third kappa shape index (κ3) is 1.74. The predicted molar refractivity (Wildman–Crippen MR) is 71.4 cm³/mol. The van der Waals surface area contributed by atoms with Crippen molar-refractivity contribution in [2.24, 2.45) is 0 Å². The Balaban J connectivity index is 2.09. The van der Waals surface area contributed by atoms with Crippen molar-refractivity contribution in [3.8, 4) is 11.1 Å². The molecule has 0 heterocycles. The van der Waals surface area contributed by atoms with Gasteiger partial charge < -0.3 is 9.84 Å². The predicted octanol–water partition coefficient (Wildman–Crippen LogP) is 3.15. The SMILES string of the molecule is C[C@@H](CO)OC1c2ccccc2-c2ccccc21. The summed E-state index contributed by atoms with van der Waals surface area (Å²) in [7, 11) is 0. The molecular weight excluding hydrogens is 224 g/mol. The molecule has 0 fully saturated rings. The van der Waals surface area contributed by atoms with E-state index in [-0.39, 0.29) is 18.8 Å². The molecular formula is C16H16O2. The first kappa shape index (κ1) is 11.5. The van der Waals surface area contributed by atoms with Crippen LogP contribution in [0.15, 0.2) is 48.5 Å². The van der Waals surface area contributed by atoms with Gasteiger partial charge in [-0.1, -0.05) is 48.5 Å². The van der Waals surface area contributed by atoms with Crippen molar-refractivity contribution in [3.05, 3.63) is 59.7 Å².